The molecule has 0 spiro atoms. The molecule has 6 heteroatoms. The molecule has 5 nitrogen and oxygen atoms in total. The number of hydrogen-bond donors (Lipinski definition) is 2. The summed E-state index contributed by atoms with van der Waals surface area (Å²) in [5, 5.41) is 10.8. The first-order chi connectivity index (χ1) is 6.22. The Hall–Kier alpha value is -1.04. The number of aromatic nitrogens is 2. The van der Waals surface area contributed by atoms with E-state index in [0.717, 1.165) is 12.8 Å². The van der Waals surface area contributed by atoms with Gasteiger partial charge in [-0.25, -0.2) is 0 Å². The van der Waals surface area contributed by atoms with Crippen LogP contribution in [0.1, 0.15) is 25.1 Å². The number of hydrogen-bond acceptors (Lipinski definition) is 5. The maximum atomic E-state index is 6.99. The average molecular weight is 200 g/mol. The maximum absolute atomic E-state index is 6.99. The van der Waals surface area contributed by atoms with Crippen LogP contribution in [0.4, 0.5) is 0 Å². The van der Waals surface area contributed by atoms with Crippen LogP contribution in [0.5, 0.6) is 0 Å². The molecule has 0 aliphatic heterocycles. The van der Waals surface area contributed by atoms with Crippen LogP contribution in [0, 0.1) is 5.41 Å². The smallest absolute Gasteiger partial charge is 0.226 e. The second-order valence-corrected chi connectivity index (χ2v) is 3.52. The Balaban J connectivity index is 2.44. The van der Waals surface area contributed by atoms with Crippen molar-refractivity contribution in [1.29, 1.82) is 5.41 Å². The summed E-state index contributed by atoms with van der Waals surface area (Å²) in [5.41, 5.74) is 5.17. The predicted molar refractivity (Wildman–Crippen MR) is 51.5 cm³/mol. The lowest BCUT2D eigenvalue weighted by atomic mass is 10.3. The SMILES string of the molecule is CCCc1nc(CSC(=N)N)no1. The minimum Gasteiger partial charge on any atom is -0.379 e. The number of nitrogens with one attached hydrogen (secondary N) is 1. The van der Waals surface area contributed by atoms with Gasteiger partial charge in [-0.15, -0.1) is 0 Å². The van der Waals surface area contributed by atoms with Gasteiger partial charge in [0.2, 0.25) is 5.89 Å². The highest BCUT2D eigenvalue weighted by atomic mass is 32.2. The summed E-state index contributed by atoms with van der Waals surface area (Å²) in [6.45, 7) is 2.05. The Morgan fingerprint density at radius 2 is 2.46 bits per heavy atom. The molecule has 1 heterocycles. The van der Waals surface area contributed by atoms with Crippen LogP contribution in [0.25, 0.3) is 0 Å². The summed E-state index contributed by atoms with van der Waals surface area (Å²) in [6, 6.07) is 0. The van der Waals surface area contributed by atoms with E-state index in [9.17, 15) is 0 Å². The highest BCUT2D eigenvalue weighted by Crippen LogP contribution is 2.08. The Bertz CT molecular complexity index is 286. The van der Waals surface area contributed by atoms with Gasteiger partial charge in [0.15, 0.2) is 11.0 Å². The molecule has 0 atom stereocenters. The van der Waals surface area contributed by atoms with Gasteiger partial charge in [0.25, 0.3) is 0 Å². The molecule has 0 amide bonds. The Kier molecular flexibility index (Phi) is 3.75. The molecule has 0 fully saturated rings. The van der Waals surface area contributed by atoms with Gasteiger partial charge in [0.1, 0.15) is 0 Å². The van der Waals surface area contributed by atoms with Crippen molar-refractivity contribution in [3.63, 3.8) is 0 Å². The van der Waals surface area contributed by atoms with Crippen molar-refractivity contribution in [2.45, 2.75) is 25.5 Å². The second-order valence-electron chi connectivity index (χ2n) is 2.51. The van der Waals surface area contributed by atoms with Gasteiger partial charge in [-0.05, 0) is 6.42 Å². The quantitative estimate of drug-likeness (QED) is 0.562. The molecule has 72 valence electrons. The predicted octanol–water partition coefficient (Wildman–Crippen LogP) is 1.15. The molecule has 1 aromatic heterocycles. The third-order valence-electron chi connectivity index (χ3n) is 1.33. The summed E-state index contributed by atoms with van der Waals surface area (Å²) in [7, 11) is 0. The Morgan fingerprint density at radius 1 is 1.69 bits per heavy atom. The lowest BCUT2D eigenvalue weighted by Crippen LogP contribution is -2.04. The lowest BCUT2D eigenvalue weighted by molar-refractivity contribution is 0.373. The highest BCUT2D eigenvalue weighted by molar-refractivity contribution is 8.12. The fraction of sp³-hybridized carbons (Fsp3) is 0.571. The molecule has 0 aliphatic carbocycles. The Morgan fingerprint density at radius 3 is 3.08 bits per heavy atom. The molecule has 0 unspecified atom stereocenters. The Labute approximate surface area is 80.6 Å². The van der Waals surface area contributed by atoms with Gasteiger partial charge < -0.3 is 10.3 Å². The van der Waals surface area contributed by atoms with Crippen molar-refractivity contribution in [2.24, 2.45) is 5.73 Å². The lowest BCUT2D eigenvalue weighted by Gasteiger charge is -1.90. The van der Waals surface area contributed by atoms with Crippen LogP contribution < -0.4 is 5.73 Å². The zero-order chi connectivity index (χ0) is 9.68. The largest absolute Gasteiger partial charge is 0.379 e. The molecule has 3 N–H and O–H groups in total. The summed E-state index contributed by atoms with van der Waals surface area (Å²) >= 11 is 1.19. The number of amidine groups is 1. The first kappa shape index (κ1) is 10.0. The van der Waals surface area contributed by atoms with Crippen LogP contribution in [-0.4, -0.2) is 15.3 Å². The molecule has 0 aliphatic rings. The number of nitrogens with zero attached hydrogens (tertiary/aromatic N) is 2. The minimum atomic E-state index is 0.0711. The van der Waals surface area contributed by atoms with Gasteiger partial charge in [-0.1, -0.05) is 23.8 Å². The normalized spacial score (nSPS) is 10.2. The fourth-order valence-corrected chi connectivity index (χ4v) is 1.21. The van der Waals surface area contributed by atoms with Crippen molar-refractivity contribution in [3.05, 3.63) is 11.7 Å². The first-order valence-corrected chi connectivity index (χ1v) is 4.99. The number of nitrogens with two attached hydrogens (primary N) is 1. The van der Waals surface area contributed by atoms with Gasteiger partial charge in [-0.3, -0.25) is 5.41 Å². The monoisotopic (exact) mass is 200 g/mol. The molecule has 0 bridgehead atoms. The van der Waals surface area contributed by atoms with Crippen LogP contribution in [0.2, 0.25) is 0 Å². The summed E-state index contributed by atoms with van der Waals surface area (Å²) in [4.78, 5) is 4.12. The van der Waals surface area contributed by atoms with E-state index in [1.165, 1.54) is 11.8 Å². The van der Waals surface area contributed by atoms with Crippen LogP contribution >= 0.6 is 11.8 Å². The summed E-state index contributed by atoms with van der Waals surface area (Å²) in [5.74, 6) is 1.76. The zero-order valence-corrected chi connectivity index (χ0v) is 8.23. The molecule has 0 radical (unpaired) electrons. The van der Waals surface area contributed by atoms with Crippen molar-refractivity contribution in [2.75, 3.05) is 0 Å². The number of aryl methyl sites for hydroxylation is 1. The fourth-order valence-electron chi connectivity index (χ4n) is 0.806. The van der Waals surface area contributed by atoms with Crippen LogP contribution in [-0.2, 0) is 12.2 Å². The average Bonchev–Trinajstić information content (AvgIpc) is 2.50. The van der Waals surface area contributed by atoms with E-state index in [2.05, 4.69) is 10.1 Å². The molecular formula is C7H12N4OS. The van der Waals surface area contributed by atoms with E-state index >= 15 is 0 Å². The number of rotatable bonds is 4. The van der Waals surface area contributed by atoms with E-state index in [1.54, 1.807) is 0 Å². The van der Waals surface area contributed by atoms with Gasteiger partial charge in [-0.2, -0.15) is 4.98 Å². The summed E-state index contributed by atoms with van der Waals surface area (Å²) in [6.07, 6.45) is 1.79. The molecule has 13 heavy (non-hydrogen) atoms. The first-order valence-electron chi connectivity index (χ1n) is 4.00. The van der Waals surface area contributed by atoms with Crippen molar-refractivity contribution in [3.8, 4) is 0 Å². The van der Waals surface area contributed by atoms with Gasteiger partial charge in [0, 0.05) is 6.42 Å². The minimum absolute atomic E-state index is 0.0711. The van der Waals surface area contributed by atoms with Gasteiger partial charge >= 0.3 is 0 Å². The van der Waals surface area contributed by atoms with E-state index in [4.69, 9.17) is 15.7 Å². The van der Waals surface area contributed by atoms with E-state index in [0.29, 0.717) is 17.5 Å². The second kappa shape index (κ2) is 4.86. The standard InChI is InChI=1S/C7H12N4OS/c1-2-3-6-10-5(11-12-6)4-13-7(8)9/h2-4H2,1H3,(H3,8,9). The molecule has 0 aromatic carbocycles. The highest BCUT2D eigenvalue weighted by Gasteiger charge is 2.05. The molecule has 1 aromatic rings. The van der Waals surface area contributed by atoms with Crippen molar-refractivity contribution in [1.82, 2.24) is 10.1 Å². The van der Waals surface area contributed by atoms with Gasteiger partial charge in [0.05, 0.1) is 5.75 Å². The van der Waals surface area contributed by atoms with E-state index < -0.39 is 0 Å². The topological polar surface area (TPSA) is 88.8 Å². The number of thioether (sulfide) groups is 1. The zero-order valence-electron chi connectivity index (χ0n) is 7.41. The van der Waals surface area contributed by atoms with Crippen LogP contribution in [0.3, 0.4) is 0 Å². The molecule has 0 saturated carbocycles. The molecule has 0 saturated heterocycles. The molecule has 1 rings (SSSR count). The maximum Gasteiger partial charge on any atom is 0.226 e. The van der Waals surface area contributed by atoms with E-state index in [-0.39, 0.29) is 5.17 Å². The third kappa shape index (κ3) is 3.45. The summed E-state index contributed by atoms with van der Waals surface area (Å²) < 4.78 is 4.95. The van der Waals surface area contributed by atoms with Crippen molar-refractivity contribution < 1.29 is 4.52 Å². The molecular weight excluding hydrogens is 188 g/mol. The van der Waals surface area contributed by atoms with Crippen LogP contribution in [0.15, 0.2) is 4.52 Å². The third-order valence-corrected chi connectivity index (χ3v) is 2.04. The van der Waals surface area contributed by atoms with Crippen molar-refractivity contribution >= 4 is 16.9 Å². The van der Waals surface area contributed by atoms with E-state index in [1.807, 2.05) is 6.92 Å².